The van der Waals surface area contributed by atoms with Crippen molar-refractivity contribution in [3.8, 4) is 0 Å². The van der Waals surface area contributed by atoms with Crippen LogP contribution < -0.4 is 5.32 Å². The zero-order chi connectivity index (χ0) is 19.0. The summed E-state index contributed by atoms with van der Waals surface area (Å²) < 4.78 is 14.6. The average molecular weight is 379 g/mol. The molecule has 0 aliphatic carbocycles. The number of carbonyl (C=O) groups excluding carboxylic acids is 1. The molecule has 0 saturated heterocycles. The fraction of sp³-hybridized carbons (Fsp3) is 0.824. The zero-order valence-electron chi connectivity index (χ0n) is 15.2. The molecule has 148 valence electrons. The minimum Gasteiger partial charge on any atom is -0.389 e. The molecule has 0 aromatic carbocycles. The van der Waals surface area contributed by atoms with Gasteiger partial charge in [-0.25, -0.2) is 4.57 Å². The Bertz CT molecular complexity index is 410. The van der Waals surface area contributed by atoms with Crippen LogP contribution in [0.2, 0.25) is 0 Å². The van der Waals surface area contributed by atoms with Crippen LogP contribution >= 0.6 is 7.82 Å². The van der Waals surface area contributed by atoms with Gasteiger partial charge in [-0.3, -0.25) is 9.32 Å². The Morgan fingerprint density at radius 2 is 1.68 bits per heavy atom. The van der Waals surface area contributed by atoms with E-state index in [4.69, 9.17) is 9.79 Å². The Kier molecular flexibility index (Phi) is 15.1. The van der Waals surface area contributed by atoms with Crippen LogP contribution in [0.3, 0.4) is 0 Å². The predicted molar refractivity (Wildman–Crippen MR) is 98.0 cm³/mol. The van der Waals surface area contributed by atoms with Gasteiger partial charge in [0.15, 0.2) is 0 Å². The van der Waals surface area contributed by atoms with E-state index in [2.05, 4.69) is 28.9 Å². The molecule has 0 aromatic heterocycles. The Morgan fingerprint density at radius 1 is 1.08 bits per heavy atom. The smallest absolute Gasteiger partial charge is 0.389 e. The van der Waals surface area contributed by atoms with Crippen LogP contribution in [0.1, 0.15) is 71.1 Å². The third-order valence-corrected chi connectivity index (χ3v) is 4.12. The van der Waals surface area contributed by atoms with Gasteiger partial charge in [-0.05, 0) is 25.7 Å². The monoisotopic (exact) mass is 379 g/mol. The summed E-state index contributed by atoms with van der Waals surface area (Å²) in [4.78, 5) is 28.6. The fourth-order valence-corrected chi connectivity index (χ4v) is 2.56. The molecule has 4 N–H and O–H groups in total. The van der Waals surface area contributed by atoms with Crippen LogP contribution in [0, 0.1) is 0 Å². The van der Waals surface area contributed by atoms with E-state index < -0.39 is 20.5 Å². The van der Waals surface area contributed by atoms with Gasteiger partial charge < -0.3 is 20.2 Å². The number of nitrogens with one attached hydrogen (secondary N) is 1. The predicted octanol–water partition coefficient (Wildman–Crippen LogP) is 3.05. The quantitative estimate of drug-likeness (QED) is 0.186. The van der Waals surface area contributed by atoms with E-state index in [1.807, 2.05) is 0 Å². The van der Waals surface area contributed by atoms with E-state index in [0.717, 1.165) is 32.1 Å². The molecule has 0 aromatic rings. The Morgan fingerprint density at radius 3 is 2.32 bits per heavy atom. The van der Waals surface area contributed by atoms with Crippen molar-refractivity contribution in [1.82, 2.24) is 5.32 Å². The van der Waals surface area contributed by atoms with E-state index >= 15 is 0 Å². The number of hydrogen-bond acceptors (Lipinski definition) is 4. The number of allylic oxidation sites excluding steroid dienone is 2. The van der Waals surface area contributed by atoms with Crippen molar-refractivity contribution >= 4 is 13.7 Å². The van der Waals surface area contributed by atoms with Crippen LogP contribution in [0.5, 0.6) is 0 Å². The summed E-state index contributed by atoms with van der Waals surface area (Å²) in [5, 5.41) is 12.0. The maximum atomic E-state index is 11.6. The summed E-state index contributed by atoms with van der Waals surface area (Å²) in [6, 6.07) is 0. The molecule has 8 heteroatoms. The van der Waals surface area contributed by atoms with Crippen LogP contribution in [0.15, 0.2) is 12.2 Å². The van der Waals surface area contributed by atoms with Crippen molar-refractivity contribution < 1.29 is 28.8 Å². The molecule has 0 radical (unpaired) electrons. The highest BCUT2D eigenvalue weighted by atomic mass is 31.2. The molecule has 0 heterocycles. The summed E-state index contributed by atoms with van der Waals surface area (Å²) >= 11 is 0. The molecule has 7 nitrogen and oxygen atoms in total. The standard InChI is InChI=1S/C17H34NO6P/c1-2-3-4-5-6-7-8-9-10-11-12-13-17(20)18-14-16(19)15-24-25(21,22)23/h5-6,16,19H,2-4,7-15H2,1H3,(H,18,20)(H2,21,22,23)/b6-5+. The maximum absolute atomic E-state index is 11.6. The van der Waals surface area contributed by atoms with Gasteiger partial charge in [-0.1, -0.05) is 51.2 Å². The highest BCUT2D eigenvalue weighted by molar-refractivity contribution is 7.46. The number of unbranched alkanes of at least 4 members (excludes halogenated alkanes) is 7. The van der Waals surface area contributed by atoms with E-state index in [1.165, 1.54) is 25.7 Å². The molecule has 0 bridgehead atoms. The third-order valence-electron chi connectivity index (χ3n) is 3.64. The summed E-state index contributed by atoms with van der Waals surface area (Å²) in [5.41, 5.74) is 0. The highest BCUT2D eigenvalue weighted by Gasteiger charge is 2.17. The zero-order valence-corrected chi connectivity index (χ0v) is 16.1. The van der Waals surface area contributed by atoms with Crippen molar-refractivity contribution in [2.24, 2.45) is 0 Å². The number of rotatable bonds is 16. The van der Waals surface area contributed by atoms with E-state index in [1.54, 1.807) is 0 Å². The van der Waals surface area contributed by atoms with Crippen molar-refractivity contribution in [1.29, 1.82) is 0 Å². The second-order valence-electron chi connectivity index (χ2n) is 6.16. The molecule has 1 atom stereocenters. The molecule has 25 heavy (non-hydrogen) atoms. The number of phosphoric ester groups is 1. The van der Waals surface area contributed by atoms with Crippen molar-refractivity contribution in [3.63, 3.8) is 0 Å². The molecule has 0 spiro atoms. The molecular formula is C17H34NO6P. The van der Waals surface area contributed by atoms with Gasteiger partial charge in [0, 0.05) is 13.0 Å². The van der Waals surface area contributed by atoms with Crippen LogP contribution in [-0.4, -0.2) is 40.1 Å². The van der Waals surface area contributed by atoms with Gasteiger partial charge in [0.2, 0.25) is 5.91 Å². The van der Waals surface area contributed by atoms with Crippen LogP contribution in [-0.2, 0) is 13.9 Å². The van der Waals surface area contributed by atoms with Crippen molar-refractivity contribution in [2.75, 3.05) is 13.2 Å². The maximum Gasteiger partial charge on any atom is 0.469 e. The Labute approximate surface area is 151 Å². The summed E-state index contributed by atoms with van der Waals surface area (Å²) in [5.74, 6) is -0.172. The van der Waals surface area contributed by atoms with Crippen LogP contribution in [0.25, 0.3) is 0 Å². The summed E-state index contributed by atoms with van der Waals surface area (Å²) in [7, 11) is -4.59. The van der Waals surface area contributed by atoms with Gasteiger partial charge in [0.1, 0.15) is 0 Å². The number of amides is 1. The lowest BCUT2D eigenvalue weighted by molar-refractivity contribution is -0.121. The minimum atomic E-state index is -4.59. The third kappa shape index (κ3) is 19.5. The van der Waals surface area contributed by atoms with E-state index in [9.17, 15) is 14.5 Å². The topological polar surface area (TPSA) is 116 Å². The van der Waals surface area contributed by atoms with Gasteiger partial charge in [-0.2, -0.15) is 0 Å². The lowest BCUT2D eigenvalue weighted by atomic mass is 10.1. The van der Waals surface area contributed by atoms with Gasteiger partial charge in [0.25, 0.3) is 0 Å². The summed E-state index contributed by atoms with van der Waals surface area (Å²) in [6.45, 7) is 1.60. The first-order chi connectivity index (χ1) is 11.8. The lowest BCUT2D eigenvalue weighted by Crippen LogP contribution is -2.34. The Hall–Kier alpha value is -0.720. The molecule has 0 aliphatic heterocycles. The number of aliphatic hydroxyl groups excluding tert-OH is 1. The molecule has 0 rings (SSSR count). The molecule has 0 saturated carbocycles. The largest absolute Gasteiger partial charge is 0.469 e. The second kappa shape index (κ2) is 15.5. The first-order valence-corrected chi connectivity index (χ1v) is 10.7. The molecular weight excluding hydrogens is 345 g/mol. The molecule has 1 amide bonds. The normalized spacial score (nSPS) is 13.3. The SMILES string of the molecule is CCCC/C=C/CCCCCCCC(=O)NCC(O)COP(=O)(O)O. The Balaban J connectivity index is 3.44. The average Bonchev–Trinajstić information content (AvgIpc) is 2.55. The van der Waals surface area contributed by atoms with Crippen molar-refractivity contribution in [2.45, 2.75) is 77.2 Å². The van der Waals surface area contributed by atoms with Crippen molar-refractivity contribution in [3.05, 3.63) is 12.2 Å². The van der Waals surface area contributed by atoms with Gasteiger partial charge >= 0.3 is 7.82 Å². The first-order valence-electron chi connectivity index (χ1n) is 9.15. The number of carbonyl (C=O) groups is 1. The highest BCUT2D eigenvalue weighted by Crippen LogP contribution is 2.35. The fourth-order valence-electron chi connectivity index (χ4n) is 2.20. The van der Waals surface area contributed by atoms with Crippen LogP contribution in [0.4, 0.5) is 0 Å². The summed E-state index contributed by atoms with van der Waals surface area (Å²) in [6.07, 6.45) is 13.8. The minimum absolute atomic E-state index is 0.0802. The number of aliphatic hydroxyl groups is 1. The molecule has 0 fully saturated rings. The van der Waals surface area contributed by atoms with Gasteiger partial charge in [-0.15, -0.1) is 0 Å². The first kappa shape index (κ1) is 24.3. The van der Waals surface area contributed by atoms with Gasteiger partial charge in [0.05, 0.1) is 12.7 Å². The lowest BCUT2D eigenvalue weighted by Gasteiger charge is -2.12. The van der Waals surface area contributed by atoms with E-state index in [-0.39, 0.29) is 12.5 Å². The van der Waals surface area contributed by atoms with E-state index in [0.29, 0.717) is 6.42 Å². The number of hydrogen-bond donors (Lipinski definition) is 4. The number of phosphoric acid groups is 1. The molecule has 1 unspecified atom stereocenters. The molecule has 0 aliphatic rings. The second-order valence-corrected chi connectivity index (χ2v) is 7.40.